The topological polar surface area (TPSA) is 95.7 Å². The van der Waals surface area contributed by atoms with Crippen molar-refractivity contribution in [3.05, 3.63) is 47.5 Å². The summed E-state index contributed by atoms with van der Waals surface area (Å²) in [6.07, 6.45) is 0. The lowest BCUT2D eigenvalue weighted by molar-refractivity contribution is 0.0342. The number of anilines is 1. The molecule has 0 aliphatic carbocycles. The van der Waals surface area contributed by atoms with Crippen LogP contribution in [-0.4, -0.2) is 56.3 Å². The molecule has 31 heavy (non-hydrogen) atoms. The Morgan fingerprint density at radius 1 is 1.10 bits per heavy atom. The van der Waals surface area contributed by atoms with Gasteiger partial charge in [-0.25, -0.2) is 4.68 Å². The van der Waals surface area contributed by atoms with Crippen molar-refractivity contribution in [2.45, 2.75) is 31.5 Å². The highest BCUT2D eigenvalue weighted by Gasteiger charge is 2.19. The van der Waals surface area contributed by atoms with Crippen molar-refractivity contribution in [1.29, 1.82) is 0 Å². The molecule has 9 heteroatoms. The third-order valence-electron chi connectivity index (χ3n) is 5.33. The van der Waals surface area contributed by atoms with Gasteiger partial charge in [0.2, 0.25) is 5.16 Å². The Hall–Kier alpha value is -2.75. The van der Waals surface area contributed by atoms with E-state index in [4.69, 9.17) is 4.74 Å². The first-order chi connectivity index (χ1) is 14.9. The van der Waals surface area contributed by atoms with E-state index in [2.05, 4.69) is 45.3 Å². The van der Waals surface area contributed by atoms with E-state index in [0.29, 0.717) is 16.5 Å². The number of phenols is 2. The minimum atomic E-state index is -0.0771. The van der Waals surface area contributed by atoms with Gasteiger partial charge >= 0.3 is 0 Å². The lowest BCUT2D eigenvalue weighted by Crippen LogP contribution is -2.35. The molecular weight excluding hydrogens is 414 g/mol. The monoisotopic (exact) mass is 441 g/mol. The summed E-state index contributed by atoms with van der Waals surface area (Å²) in [6, 6.07) is 11.2. The first kappa shape index (κ1) is 21.5. The second-order valence-electron chi connectivity index (χ2n) is 7.94. The maximum absolute atomic E-state index is 10.5. The number of aromatic nitrogens is 3. The number of morpholine rings is 1. The van der Waals surface area contributed by atoms with Crippen LogP contribution in [0.2, 0.25) is 0 Å². The van der Waals surface area contributed by atoms with Crippen LogP contribution in [0.15, 0.2) is 41.6 Å². The molecule has 0 atom stereocenters. The van der Waals surface area contributed by atoms with Gasteiger partial charge in [-0.1, -0.05) is 26.0 Å². The van der Waals surface area contributed by atoms with Gasteiger partial charge in [-0.15, -0.1) is 22.8 Å². The SMILES string of the molecule is CC(C)c1cc(-c2nnc(S)n2Nc2cccc(CN3CCOCC3)c2)c(O)cc1O. The molecule has 2 aromatic carbocycles. The molecule has 1 aromatic heterocycles. The fraction of sp³-hybridized carbons (Fsp3) is 0.364. The summed E-state index contributed by atoms with van der Waals surface area (Å²) in [7, 11) is 0. The fourth-order valence-corrected chi connectivity index (χ4v) is 3.86. The number of ether oxygens (including phenoxy) is 1. The maximum atomic E-state index is 10.5. The number of hydrogen-bond acceptors (Lipinski definition) is 8. The molecular formula is C22H27N5O3S. The highest BCUT2D eigenvalue weighted by Crippen LogP contribution is 2.37. The average molecular weight is 442 g/mol. The van der Waals surface area contributed by atoms with E-state index >= 15 is 0 Å². The lowest BCUT2D eigenvalue weighted by Gasteiger charge is -2.26. The number of nitrogens with zero attached hydrogens (tertiary/aromatic N) is 4. The Balaban J connectivity index is 1.62. The molecule has 1 fully saturated rings. The average Bonchev–Trinajstić information content (AvgIpc) is 3.09. The summed E-state index contributed by atoms with van der Waals surface area (Å²) in [5, 5.41) is 29.2. The van der Waals surface area contributed by atoms with Crippen LogP contribution >= 0.6 is 12.6 Å². The Bertz CT molecular complexity index is 1060. The van der Waals surface area contributed by atoms with Crippen molar-refractivity contribution in [1.82, 2.24) is 19.8 Å². The summed E-state index contributed by atoms with van der Waals surface area (Å²) in [6.45, 7) is 8.17. The first-order valence-electron chi connectivity index (χ1n) is 10.3. The summed E-state index contributed by atoms with van der Waals surface area (Å²) in [5.74, 6) is 0.461. The zero-order chi connectivity index (χ0) is 22.0. The molecule has 1 saturated heterocycles. The second kappa shape index (κ2) is 9.17. The first-order valence-corrected chi connectivity index (χ1v) is 10.7. The molecule has 4 rings (SSSR count). The molecule has 164 valence electrons. The van der Waals surface area contributed by atoms with Crippen molar-refractivity contribution in [2.24, 2.45) is 0 Å². The zero-order valence-corrected chi connectivity index (χ0v) is 18.5. The molecule has 2 heterocycles. The standard InChI is InChI=1S/C22H27N5O3S/c1-14(2)17-11-18(20(29)12-19(17)28)21-23-24-22(31)27(21)25-16-5-3-4-15(10-16)13-26-6-8-30-9-7-26/h3-5,10-12,14,25,28-29H,6-9,13H2,1-2H3,(H,24,31). The van der Waals surface area contributed by atoms with Gasteiger partial charge < -0.3 is 14.9 Å². The molecule has 3 aromatic rings. The maximum Gasteiger partial charge on any atom is 0.207 e. The molecule has 1 aliphatic heterocycles. The van der Waals surface area contributed by atoms with E-state index in [9.17, 15) is 10.2 Å². The highest BCUT2D eigenvalue weighted by molar-refractivity contribution is 7.80. The predicted molar refractivity (Wildman–Crippen MR) is 122 cm³/mol. The van der Waals surface area contributed by atoms with Crippen LogP contribution in [0.25, 0.3) is 11.4 Å². The summed E-state index contributed by atoms with van der Waals surface area (Å²) < 4.78 is 7.04. The van der Waals surface area contributed by atoms with Crippen LogP contribution in [0.4, 0.5) is 5.69 Å². The Labute approximate surface area is 186 Å². The number of aromatic hydroxyl groups is 2. The van der Waals surface area contributed by atoms with Crippen LogP contribution in [-0.2, 0) is 11.3 Å². The summed E-state index contributed by atoms with van der Waals surface area (Å²) in [4.78, 5) is 2.36. The van der Waals surface area contributed by atoms with Gasteiger partial charge in [0.15, 0.2) is 5.82 Å². The van der Waals surface area contributed by atoms with Crippen molar-refractivity contribution in [2.75, 3.05) is 31.7 Å². The van der Waals surface area contributed by atoms with Gasteiger partial charge in [-0.05, 0) is 35.2 Å². The van der Waals surface area contributed by atoms with E-state index in [0.717, 1.165) is 44.1 Å². The van der Waals surface area contributed by atoms with E-state index in [-0.39, 0.29) is 17.4 Å². The number of nitrogens with one attached hydrogen (secondary N) is 1. The summed E-state index contributed by atoms with van der Waals surface area (Å²) >= 11 is 4.43. The quantitative estimate of drug-likeness (QED) is 0.435. The van der Waals surface area contributed by atoms with Crippen LogP contribution in [0.3, 0.4) is 0 Å². The molecule has 0 amide bonds. The lowest BCUT2D eigenvalue weighted by atomic mass is 9.98. The van der Waals surface area contributed by atoms with Gasteiger partial charge in [-0.3, -0.25) is 10.3 Å². The minimum Gasteiger partial charge on any atom is -0.508 e. The fourth-order valence-electron chi connectivity index (χ4n) is 3.67. The number of thiol groups is 1. The smallest absolute Gasteiger partial charge is 0.207 e. The van der Waals surface area contributed by atoms with Crippen molar-refractivity contribution in [3.63, 3.8) is 0 Å². The Kier molecular flexibility index (Phi) is 6.35. The second-order valence-corrected chi connectivity index (χ2v) is 8.34. The number of rotatable bonds is 6. The van der Waals surface area contributed by atoms with Gasteiger partial charge in [-0.2, -0.15) is 0 Å². The third-order valence-corrected chi connectivity index (χ3v) is 5.62. The van der Waals surface area contributed by atoms with Crippen molar-refractivity contribution >= 4 is 18.3 Å². The third kappa shape index (κ3) is 4.79. The van der Waals surface area contributed by atoms with Crippen LogP contribution in [0.5, 0.6) is 11.5 Å². The molecule has 3 N–H and O–H groups in total. The van der Waals surface area contributed by atoms with Crippen molar-refractivity contribution < 1.29 is 14.9 Å². The number of benzene rings is 2. The largest absolute Gasteiger partial charge is 0.508 e. The van der Waals surface area contributed by atoms with Crippen molar-refractivity contribution in [3.8, 4) is 22.9 Å². The molecule has 0 radical (unpaired) electrons. The van der Waals surface area contributed by atoms with Crippen LogP contribution in [0, 0.1) is 0 Å². The highest BCUT2D eigenvalue weighted by atomic mass is 32.1. The Morgan fingerprint density at radius 3 is 2.61 bits per heavy atom. The van der Waals surface area contributed by atoms with Crippen LogP contribution < -0.4 is 5.43 Å². The van der Waals surface area contributed by atoms with Gasteiger partial charge in [0.25, 0.3) is 0 Å². The van der Waals surface area contributed by atoms with E-state index in [1.54, 1.807) is 10.7 Å². The normalized spacial score (nSPS) is 14.8. The van der Waals surface area contributed by atoms with Crippen LogP contribution in [0.1, 0.15) is 30.9 Å². The molecule has 1 aliphatic rings. The van der Waals surface area contributed by atoms with E-state index in [1.807, 2.05) is 26.0 Å². The molecule has 0 unspecified atom stereocenters. The van der Waals surface area contributed by atoms with Gasteiger partial charge in [0.1, 0.15) is 11.5 Å². The van der Waals surface area contributed by atoms with Gasteiger partial charge in [0.05, 0.1) is 24.5 Å². The van der Waals surface area contributed by atoms with E-state index < -0.39 is 0 Å². The summed E-state index contributed by atoms with van der Waals surface area (Å²) in [5.41, 5.74) is 6.50. The molecule has 0 bridgehead atoms. The number of phenolic OH excluding ortho intramolecular Hbond substituents is 2. The van der Waals surface area contributed by atoms with E-state index in [1.165, 1.54) is 11.6 Å². The minimum absolute atomic E-state index is 0.0529. The predicted octanol–water partition coefficient (Wildman–Crippen LogP) is 3.48. The zero-order valence-electron chi connectivity index (χ0n) is 17.6. The molecule has 0 spiro atoms. The molecule has 8 nitrogen and oxygen atoms in total. The Morgan fingerprint density at radius 2 is 1.87 bits per heavy atom. The number of hydrogen-bond donors (Lipinski definition) is 4. The molecule has 0 saturated carbocycles. The van der Waals surface area contributed by atoms with Gasteiger partial charge in [0, 0.05) is 25.7 Å².